The van der Waals surface area contributed by atoms with Crippen molar-refractivity contribution in [3.05, 3.63) is 75.1 Å². The molecule has 1 aromatic heterocycles. The molecular weight excluding hydrogens is 434 g/mol. The molecule has 8 nitrogen and oxygen atoms in total. The van der Waals surface area contributed by atoms with Crippen LogP contribution in [0, 0.1) is 5.41 Å². The molecule has 8 heteroatoms. The number of amides is 1. The molecule has 1 heterocycles. The molecule has 1 fully saturated rings. The van der Waals surface area contributed by atoms with Gasteiger partial charge in [0.05, 0.1) is 5.69 Å². The zero-order valence-electron chi connectivity index (χ0n) is 19.4. The molecule has 34 heavy (non-hydrogen) atoms. The average molecular weight is 464 g/mol. The van der Waals surface area contributed by atoms with E-state index in [9.17, 15) is 24.3 Å². The van der Waals surface area contributed by atoms with Gasteiger partial charge in [-0.05, 0) is 29.9 Å². The lowest BCUT2D eigenvalue weighted by molar-refractivity contribution is -0.144. The number of aromatic nitrogens is 2. The molecule has 2 N–H and O–H groups in total. The van der Waals surface area contributed by atoms with Crippen molar-refractivity contribution in [3.63, 3.8) is 0 Å². The Morgan fingerprint density at radius 2 is 1.71 bits per heavy atom. The normalized spacial score (nSPS) is 16.2. The lowest BCUT2D eigenvalue weighted by atomic mass is 9.75. The quantitative estimate of drug-likeness (QED) is 0.584. The predicted molar refractivity (Wildman–Crippen MR) is 129 cm³/mol. The van der Waals surface area contributed by atoms with E-state index >= 15 is 0 Å². The van der Waals surface area contributed by atoms with Crippen LogP contribution in [0.3, 0.4) is 0 Å². The number of benzene rings is 2. The smallest absolute Gasteiger partial charge is 0.335 e. The number of carboxylic acid groups (broad SMARTS) is 1. The number of carbonyl (C=O) groups excluding carboxylic acids is 1. The molecule has 1 amide bonds. The first-order valence-corrected chi connectivity index (χ1v) is 11.5. The molecule has 0 radical (unpaired) electrons. The van der Waals surface area contributed by atoms with Crippen molar-refractivity contribution in [1.29, 1.82) is 0 Å². The number of aryl methyl sites for hydroxylation is 1. The molecule has 0 bridgehead atoms. The molecule has 178 valence electrons. The predicted octanol–water partition coefficient (Wildman–Crippen LogP) is 2.77. The fourth-order valence-electron chi connectivity index (χ4n) is 4.83. The van der Waals surface area contributed by atoms with E-state index in [1.807, 2.05) is 19.1 Å². The van der Waals surface area contributed by atoms with Crippen LogP contribution in [0.4, 0.5) is 0 Å². The fourth-order valence-corrected chi connectivity index (χ4v) is 4.83. The summed E-state index contributed by atoms with van der Waals surface area (Å²) in [5.41, 5.74) is -0.330. The van der Waals surface area contributed by atoms with Gasteiger partial charge in [-0.1, -0.05) is 56.5 Å². The largest absolute Gasteiger partial charge is 0.480 e. The Morgan fingerprint density at radius 3 is 2.41 bits per heavy atom. The maximum Gasteiger partial charge on any atom is 0.335 e. The van der Waals surface area contributed by atoms with Crippen LogP contribution in [0.5, 0.6) is 0 Å². The molecule has 0 unspecified atom stereocenters. The van der Waals surface area contributed by atoms with Gasteiger partial charge < -0.3 is 15.0 Å². The van der Waals surface area contributed by atoms with Crippen molar-refractivity contribution in [2.45, 2.75) is 51.5 Å². The van der Waals surface area contributed by atoms with Gasteiger partial charge in [0.2, 0.25) is 5.91 Å². The summed E-state index contributed by atoms with van der Waals surface area (Å²) in [5, 5.41) is 14.0. The van der Waals surface area contributed by atoms with Gasteiger partial charge >= 0.3 is 11.7 Å². The SMILES string of the molecule is Cn1ccc(=O)n(-c2cccc3c(C[C@H](NC(=O)C4(C)CCCCC4)C(=O)O)cccc23)c1=O. The summed E-state index contributed by atoms with van der Waals surface area (Å²) in [6.07, 6.45) is 6.03. The minimum Gasteiger partial charge on any atom is -0.480 e. The van der Waals surface area contributed by atoms with Gasteiger partial charge in [0.15, 0.2) is 0 Å². The molecule has 1 aliphatic rings. The van der Waals surface area contributed by atoms with Crippen molar-refractivity contribution in [1.82, 2.24) is 14.5 Å². The van der Waals surface area contributed by atoms with Crippen LogP contribution in [-0.4, -0.2) is 32.2 Å². The van der Waals surface area contributed by atoms with E-state index in [0.29, 0.717) is 16.6 Å². The summed E-state index contributed by atoms with van der Waals surface area (Å²) in [6.45, 7) is 1.91. The lowest BCUT2D eigenvalue weighted by Crippen LogP contribution is -2.49. The van der Waals surface area contributed by atoms with E-state index in [4.69, 9.17) is 0 Å². The van der Waals surface area contributed by atoms with Crippen molar-refractivity contribution in [3.8, 4) is 5.69 Å². The summed E-state index contributed by atoms with van der Waals surface area (Å²) >= 11 is 0. The number of hydrogen-bond donors (Lipinski definition) is 2. The molecule has 0 aliphatic heterocycles. The summed E-state index contributed by atoms with van der Waals surface area (Å²) in [4.78, 5) is 50.3. The van der Waals surface area contributed by atoms with Gasteiger partial charge in [0, 0.05) is 36.5 Å². The van der Waals surface area contributed by atoms with Crippen LogP contribution in [0.15, 0.2) is 58.3 Å². The van der Waals surface area contributed by atoms with Gasteiger partial charge in [-0.3, -0.25) is 9.59 Å². The molecule has 4 rings (SSSR count). The first-order chi connectivity index (χ1) is 16.2. The lowest BCUT2D eigenvalue weighted by Gasteiger charge is -2.33. The van der Waals surface area contributed by atoms with Crippen LogP contribution in [-0.2, 0) is 23.1 Å². The van der Waals surface area contributed by atoms with Crippen LogP contribution in [0.1, 0.15) is 44.6 Å². The average Bonchev–Trinajstić information content (AvgIpc) is 2.82. The van der Waals surface area contributed by atoms with E-state index in [2.05, 4.69) is 5.32 Å². The monoisotopic (exact) mass is 463 g/mol. The Hall–Kier alpha value is -3.68. The van der Waals surface area contributed by atoms with Crippen LogP contribution in [0.2, 0.25) is 0 Å². The molecule has 1 aliphatic carbocycles. The molecular formula is C26H29N3O5. The number of fused-ring (bicyclic) bond motifs is 1. The third kappa shape index (κ3) is 4.40. The topological polar surface area (TPSA) is 110 Å². The Morgan fingerprint density at radius 1 is 1.03 bits per heavy atom. The summed E-state index contributed by atoms with van der Waals surface area (Å²) in [6, 6.07) is 10.9. The van der Waals surface area contributed by atoms with Crippen molar-refractivity contribution in [2.75, 3.05) is 0 Å². The minimum atomic E-state index is -1.10. The zero-order valence-corrected chi connectivity index (χ0v) is 19.4. The molecule has 1 saturated carbocycles. The standard InChI is InChI=1S/C26H29N3O5/c1-26(13-4-3-5-14-26)24(33)27-20(23(31)32)16-17-8-6-10-19-18(17)9-7-11-21(19)29-22(30)12-15-28(2)25(29)34/h6-12,15,20H,3-5,13-14,16H2,1-2H3,(H,27,33)(H,31,32)/t20-/m0/s1. The number of rotatable bonds is 6. The number of nitrogens with one attached hydrogen (secondary N) is 1. The highest BCUT2D eigenvalue weighted by Gasteiger charge is 2.36. The van der Waals surface area contributed by atoms with Crippen molar-refractivity contribution >= 4 is 22.6 Å². The number of carboxylic acids is 1. The summed E-state index contributed by atoms with van der Waals surface area (Å²) < 4.78 is 2.43. The van der Waals surface area contributed by atoms with Crippen LogP contribution in [0.25, 0.3) is 16.5 Å². The van der Waals surface area contributed by atoms with Crippen LogP contribution < -0.4 is 16.6 Å². The Labute approximate surface area is 196 Å². The number of hydrogen-bond acceptors (Lipinski definition) is 4. The first-order valence-electron chi connectivity index (χ1n) is 11.5. The molecule has 1 atom stereocenters. The van der Waals surface area contributed by atoms with E-state index in [-0.39, 0.29) is 12.3 Å². The van der Waals surface area contributed by atoms with Crippen molar-refractivity contribution in [2.24, 2.45) is 12.5 Å². The van der Waals surface area contributed by atoms with E-state index in [1.165, 1.54) is 16.8 Å². The number of carbonyl (C=O) groups is 2. The summed E-state index contributed by atoms with van der Waals surface area (Å²) in [5.74, 6) is -1.33. The Kier molecular flexibility index (Phi) is 6.41. The molecule has 3 aromatic rings. The van der Waals surface area contributed by atoms with Gasteiger partial charge in [0.25, 0.3) is 5.56 Å². The second kappa shape index (κ2) is 9.29. The second-order valence-electron chi connectivity index (χ2n) is 9.36. The zero-order chi connectivity index (χ0) is 24.5. The van der Waals surface area contributed by atoms with Gasteiger partial charge in [0.1, 0.15) is 6.04 Å². The third-order valence-electron chi connectivity index (χ3n) is 6.92. The highest BCUT2D eigenvalue weighted by molar-refractivity contribution is 5.93. The highest BCUT2D eigenvalue weighted by Crippen LogP contribution is 2.36. The third-order valence-corrected chi connectivity index (χ3v) is 6.92. The van der Waals surface area contributed by atoms with E-state index in [0.717, 1.165) is 42.1 Å². The van der Waals surface area contributed by atoms with Gasteiger partial charge in [-0.25, -0.2) is 14.2 Å². The number of aliphatic carboxylic acids is 1. The van der Waals surface area contributed by atoms with E-state index in [1.54, 1.807) is 31.3 Å². The maximum absolute atomic E-state index is 13.0. The van der Waals surface area contributed by atoms with Gasteiger partial charge in [-0.15, -0.1) is 0 Å². The van der Waals surface area contributed by atoms with Crippen molar-refractivity contribution < 1.29 is 14.7 Å². The maximum atomic E-state index is 13.0. The van der Waals surface area contributed by atoms with E-state index < -0.39 is 28.7 Å². The Bertz CT molecular complexity index is 1360. The summed E-state index contributed by atoms with van der Waals surface area (Å²) in [7, 11) is 1.57. The molecule has 0 saturated heterocycles. The first kappa shape index (κ1) is 23.5. The molecule has 2 aromatic carbocycles. The van der Waals surface area contributed by atoms with Crippen LogP contribution >= 0.6 is 0 Å². The second-order valence-corrected chi connectivity index (χ2v) is 9.36. The Balaban J connectivity index is 1.71. The highest BCUT2D eigenvalue weighted by atomic mass is 16.4. The number of nitrogens with zero attached hydrogens (tertiary/aromatic N) is 2. The van der Waals surface area contributed by atoms with Gasteiger partial charge in [-0.2, -0.15) is 0 Å². The fraction of sp³-hybridized carbons (Fsp3) is 0.385. The minimum absolute atomic E-state index is 0.0830. The molecule has 0 spiro atoms.